The molecule has 0 nitrogen and oxygen atoms in total. The third kappa shape index (κ3) is 0.565. The summed E-state index contributed by atoms with van der Waals surface area (Å²) in [5, 5.41) is 0. The Hall–Kier alpha value is -0.780. The maximum Gasteiger partial charge on any atom is 0.0190 e. The number of hydrogen-bond donors (Lipinski definition) is 0. The molecule has 0 heterocycles. The van der Waals surface area contributed by atoms with Crippen molar-refractivity contribution in [1.82, 2.24) is 0 Å². The zero-order valence-electron chi connectivity index (χ0n) is 7.29. The molecule has 12 heavy (non-hydrogen) atoms. The minimum absolute atomic E-state index is 0.444. The average molecular weight is 158 g/mol. The minimum atomic E-state index is 0.444. The second-order valence-electron chi connectivity index (χ2n) is 4.34. The second kappa shape index (κ2) is 1.93. The van der Waals surface area contributed by atoms with Crippen LogP contribution in [0.5, 0.6) is 0 Å². The van der Waals surface area contributed by atoms with Gasteiger partial charge < -0.3 is 0 Å². The van der Waals surface area contributed by atoms with E-state index in [0.717, 1.165) is 0 Å². The smallest absolute Gasteiger partial charge is 0.0190 e. The first-order chi connectivity index (χ1) is 5.87. The predicted molar refractivity (Wildman–Crippen MR) is 50.8 cm³/mol. The first kappa shape index (κ1) is 6.71. The van der Waals surface area contributed by atoms with Gasteiger partial charge in [-0.05, 0) is 12.8 Å². The van der Waals surface area contributed by atoms with Crippen molar-refractivity contribution in [2.24, 2.45) is 10.8 Å². The Labute approximate surface area is 73.7 Å². The number of allylic oxidation sites excluding steroid dienone is 6. The summed E-state index contributed by atoms with van der Waals surface area (Å²) in [7, 11) is 0. The van der Waals surface area contributed by atoms with Crippen molar-refractivity contribution < 1.29 is 0 Å². The Morgan fingerprint density at radius 1 is 0.667 bits per heavy atom. The van der Waals surface area contributed by atoms with Gasteiger partial charge in [0.2, 0.25) is 0 Å². The maximum atomic E-state index is 2.41. The lowest BCUT2D eigenvalue weighted by molar-refractivity contribution is 0.135. The molecule has 0 spiro atoms. The molecule has 0 aromatic rings. The van der Waals surface area contributed by atoms with E-state index in [1.165, 1.54) is 25.7 Å². The Kier molecular flexibility index (Phi) is 1.08. The summed E-state index contributed by atoms with van der Waals surface area (Å²) in [4.78, 5) is 0. The zero-order valence-corrected chi connectivity index (χ0v) is 7.29. The van der Waals surface area contributed by atoms with Gasteiger partial charge in [-0.2, -0.15) is 0 Å². The van der Waals surface area contributed by atoms with Gasteiger partial charge in [-0.3, -0.25) is 0 Å². The molecule has 0 aromatic heterocycles. The Morgan fingerprint density at radius 3 is 1.58 bits per heavy atom. The van der Waals surface area contributed by atoms with Gasteiger partial charge in [-0.1, -0.05) is 49.3 Å². The Morgan fingerprint density at radius 2 is 1.17 bits per heavy atom. The molecule has 0 saturated heterocycles. The SMILES string of the molecule is C1=CC23C=CC2(C=C1)CCCC3. The standard InChI is InChI=1S/C12H14/c1-2-6-12-8-4-3-7-11(12,5-1)9-10-12/h1-2,5-6,9-10H,3-4,7-8H2. The van der Waals surface area contributed by atoms with Crippen molar-refractivity contribution in [3.63, 3.8) is 0 Å². The minimum Gasteiger partial charge on any atom is -0.0765 e. The summed E-state index contributed by atoms with van der Waals surface area (Å²) in [6.45, 7) is 0. The molecule has 62 valence electrons. The summed E-state index contributed by atoms with van der Waals surface area (Å²) in [5.74, 6) is 0. The quantitative estimate of drug-likeness (QED) is 0.475. The van der Waals surface area contributed by atoms with Crippen LogP contribution >= 0.6 is 0 Å². The van der Waals surface area contributed by atoms with Gasteiger partial charge in [0.05, 0.1) is 0 Å². The molecule has 0 aliphatic heterocycles. The van der Waals surface area contributed by atoms with Crippen molar-refractivity contribution in [3.05, 3.63) is 36.5 Å². The second-order valence-corrected chi connectivity index (χ2v) is 4.34. The topological polar surface area (TPSA) is 0 Å². The first-order valence-electron chi connectivity index (χ1n) is 4.95. The zero-order chi connectivity index (χ0) is 8.07. The normalized spacial score (nSPS) is 48.0. The third-order valence-electron chi connectivity index (χ3n) is 3.87. The maximum absolute atomic E-state index is 2.41. The summed E-state index contributed by atoms with van der Waals surface area (Å²) in [6, 6.07) is 0. The van der Waals surface area contributed by atoms with Gasteiger partial charge in [0.25, 0.3) is 0 Å². The van der Waals surface area contributed by atoms with Gasteiger partial charge in [0, 0.05) is 10.8 Å². The van der Waals surface area contributed by atoms with Crippen LogP contribution in [0.3, 0.4) is 0 Å². The molecule has 2 atom stereocenters. The lowest BCUT2D eigenvalue weighted by atomic mass is 9.48. The van der Waals surface area contributed by atoms with Crippen LogP contribution in [0.4, 0.5) is 0 Å². The van der Waals surface area contributed by atoms with Crippen LogP contribution < -0.4 is 0 Å². The molecule has 3 aliphatic rings. The predicted octanol–water partition coefficient (Wildman–Crippen LogP) is 3.23. The van der Waals surface area contributed by atoms with Crippen LogP contribution in [0.25, 0.3) is 0 Å². The van der Waals surface area contributed by atoms with E-state index in [1.54, 1.807) is 0 Å². The lowest BCUT2D eigenvalue weighted by Crippen LogP contribution is -2.46. The summed E-state index contributed by atoms with van der Waals surface area (Å²) < 4.78 is 0. The van der Waals surface area contributed by atoms with E-state index < -0.39 is 0 Å². The van der Waals surface area contributed by atoms with E-state index in [9.17, 15) is 0 Å². The average Bonchev–Trinajstić information content (AvgIpc) is 2.09. The van der Waals surface area contributed by atoms with Crippen LogP contribution in [-0.2, 0) is 0 Å². The monoisotopic (exact) mass is 158 g/mol. The fraction of sp³-hybridized carbons (Fsp3) is 0.500. The molecule has 0 radical (unpaired) electrons. The van der Waals surface area contributed by atoms with Crippen LogP contribution in [0, 0.1) is 10.8 Å². The highest BCUT2D eigenvalue weighted by molar-refractivity contribution is 5.43. The first-order valence-corrected chi connectivity index (χ1v) is 4.95. The van der Waals surface area contributed by atoms with E-state index >= 15 is 0 Å². The molecular formula is C12H14. The Balaban J connectivity index is 2.12. The van der Waals surface area contributed by atoms with Crippen molar-refractivity contribution in [3.8, 4) is 0 Å². The summed E-state index contributed by atoms with van der Waals surface area (Å²) in [5.41, 5.74) is 0.889. The highest BCUT2D eigenvalue weighted by Crippen LogP contribution is 2.61. The molecule has 0 heteroatoms. The van der Waals surface area contributed by atoms with Crippen LogP contribution in [0.1, 0.15) is 25.7 Å². The molecule has 0 N–H and O–H groups in total. The largest absolute Gasteiger partial charge is 0.0765 e. The van der Waals surface area contributed by atoms with Crippen LogP contribution in [0.15, 0.2) is 36.5 Å². The van der Waals surface area contributed by atoms with Gasteiger partial charge in [0.15, 0.2) is 0 Å². The van der Waals surface area contributed by atoms with Crippen LogP contribution in [-0.4, -0.2) is 0 Å². The number of hydrogen-bond acceptors (Lipinski definition) is 0. The van der Waals surface area contributed by atoms with E-state index in [2.05, 4.69) is 36.5 Å². The molecular weight excluding hydrogens is 144 g/mol. The van der Waals surface area contributed by atoms with Crippen molar-refractivity contribution in [2.75, 3.05) is 0 Å². The van der Waals surface area contributed by atoms with Crippen LogP contribution in [0.2, 0.25) is 0 Å². The highest BCUT2D eigenvalue weighted by atomic mass is 14.5. The van der Waals surface area contributed by atoms with Gasteiger partial charge in [0.1, 0.15) is 0 Å². The highest BCUT2D eigenvalue weighted by Gasteiger charge is 2.52. The van der Waals surface area contributed by atoms with Gasteiger partial charge in [-0.25, -0.2) is 0 Å². The van der Waals surface area contributed by atoms with Gasteiger partial charge >= 0.3 is 0 Å². The van der Waals surface area contributed by atoms with E-state index in [0.29, 0.717) is 10.8 Å². The molecule has 3 aliphatic carbocycles. The molecule has 1 saturated carbocycles. The third-order valence-corrected chi connectivity index (χ3v) is 3.87. The van der Waals surface area contributed by atoms with E-state index in [4.69, 9.17) is 0 Å². The molecule has 0 bridgehead atoms. The fourth-order valence-electron chi connectivity index (χ4n) is 3.02. The lowest BCUT2D eigenvalue weighted by Gasteiger charge is -2.55. The molecule has 1 fully saturated rings. The van der Waals surface area contributed by atoms with Crippen molar-refractivity contribution >= 4 is 0 Å². The fourth-order valence-corrected chi connectivity index (χ4v) is 3.02. The van der Waals surface area contributed by atoms with E-state index in [1.807, 2.05) is 0 Å². The van der Waals surface area contributed by atoms with E-state index in [-0.39, 0.29) is 0 Å². The van der Waals surface area contributed by atoms with Gasteiger partial charge in [-0.15, -0.1) is 0 Å². The summed E-state index contributed by atoms with van der Waals surface area (Å²) in [6.07, 6.45) is 19.6. The molecule has 3 rings (SSSR count). The van der Waals surface area contributed by atoms with Crippen molar-refractivity contribution in [1.29, 1.82) is 0 Å². The Bertz CT molecular complexity index is 265. The van der Waals surface area contributed by atoms with Crippen molar-refractivity contribution in [2.45, 2.75) is 25.7 Å². The molecule has 0 aromatic carbocycles. The summed E-state index contributed by atoms with van der Waals surface area (Å²) >= 11 is 0. The number of rotatable bonds is 0. The molecule has 2 unspecified atom stereocenters. The molecule has 0 amide bonds.